The Hall–Kier alpha value is -3.45. The molecule has 1 amide bonds. The highest BCUT2D eigenvalue weighted by Crippen LogP contribution is 2.26. The lowest BCUT2D eigenvalue weighted by Gasteiger charge is -2.09. The molecule has 1 heterocycles. The molecule has 1 aromatic heterocycles. The quantitative estimate of drug-likeness (QED) is 0.438. The minimum Gasteiger partial charge on any atom is -0.466 e. The van der Waals surface area contributed by atoms with E-state index in [1.165, 1.54) is 0 Å². The average molecular weight is 463 g/mol. The van der Waals surface area contributed by atoms with E-state index in [0.717, 1.165) is 21.3 Å². The van der Waals surface area contributed by atoms with Crippen LogP contribution in [0.25, 0.3) is 17.1 Å². The number of amides is 1. The lowest BCUT2D eigenvalue weighted by Crippen LogP contribution is -2.11. The molecule has 150 valence electrons. The first-order valence-electron chi connectivity index (χ1n) is 9.29. The van der Waals surface area contributed by atoms with E-state index < -0.39 is 0 Å². The second-order valence-corrected chi connectivity index (χ2v) is 7.57. The van der Waals surface area contributed by atoms with Gasteiger partial charge < -0.3 is 10.1 Å². The van der Waals surface area contributed by atoms with Crippen molar-refractivity contribution in [2.24, 2.45) is 0 Å². The number of carbonyl (C=O) groups excluding carboxylic acids is 1. The van der Waals surface area contributed by atoms with Gasteiger partial charge in [0.25, 0.3) is 5.91 Å². The predicted molar refractivity (Wildman–Crippen MR) is 120 cm³/mol. The molecule has 0 bridgehead atoms. The molecule has 1 N–H and O–H groups in total. The molecule has 0 fully saturated rings. The van der Waals surface area contributed by atoms with Crippen LogP contribution in [0.5, 0.6) is 6.01 Å². The van der Waals surface area contributed by atoms with Crippen LogP contribution in [-0.4, -0.2) is 27.8 Å². The van der Waals surface area contributed by atoms with Crippen molar-refractivity contribution in [2.75, 3.05) is 12.4 Å². The number of nitrogens with one attached hydrogen (secondary N) is 1. The Balaban J connectivity index is 1.61. The molecule has 0 spiro atoms. The summed E-state index contributed by atoms with van der Waals surface area (Å²) in [5, 5.41) is 7.36. The molecule has 7 heteroatoms. The van der Waals surface area contributed by atoms with Crippen molar-refractivity contribution in [1.82, 2.24) is 14.8 Å². The van der Waals surface area contributed by atoms with Gasteiger partial charge in [0, 0.05) is 21.3 Å². The van der Waals surface area contributed by atoms with Gasteiger partial charge in [0.2, 0.25) is 0 Å². The minimum atomic E-state index is -0.168. The molecule has 4 rings (SSSR count). The number of methoxy groups -OCH3 is 1. The fraction of sp³-hybridized carbons (Fsp3) is 0.0870. The number of halogens is 1. The van der Waals surface area contributed by atoms with E-state index in [9.17, 15) is 4.79 Å². The highest BCUT2D eigenvalue weighted by Gasteiger charge is 2.16. The van der Waals surface area contributed by atoms with Gasteiger partial charge in [-0.25, -0.2) is 4.68 Å². The highest BCUT2D eigenvalue weighted by atomic mass is 79.9. The summed E-state index contributed by atoms with van der Waals surface area (Å²) in [6.07, 6.45) is 0. The van der Waals surface area contributed by atoms with Crippen LogP contribution in [-0.2, 0) is 0 Å². The second kappa shape index (κ2) is 8.51. The molecular weight excluding hydrogens is 444 g/mol. The molecule has 0 unspecified atom stereocenters. The Labute approximate surface area is 182 Å². The molecular formula is C23H19BrN4O2. The summed E-state index contributed by atoms with van der Waals surface area (Å²) in [5.41, 5.74) is 4.15. The Bertz CT molecular complexity index is 1180. The van der Waals surface area contributed by atoms with E-state index in [4.69, 9.17) is 4.74 Å². The largest absolute Gasteiger partial charge is 0.466 e. The fourth-order valence-corrected chi connectivity index (χ4v) is 3.31. The fourth-order valence-electron chi connectivity index (χ4n) is 3.05. The monoisotopic (exact) mass is 462 g/mol. The number of ether oxygens (including phenoxy) is 1. The number of anilines is 1. The van der Waals surface area contributed by atoms with Crippen molar-refractivity contribution in [3.05, 3.63) is 88.4 Å². The molecule has 0 saturated heterocycles. The number of hydrogen-bond acceptors (Lipinski definition) is 4. The predicted octanol–water partition coefficient (Wildman–Crippen LogP) is 5.27. The molecule has 3 aromatic carbocycles. The number of hydrogen-bond donors (Lipinski definition) is 1. The van der Waals surface area contributed by atoms with Crippen molar-refractivity contribution < 1.29 is 9.53 Å². The minimum absolute atomic E-state index is 0.168. The number of rotatable bonds is 5. The van der Waals surface area contributed by atoms with Gasteiger partial charge in [-0.1, -0.05) is 40.2 Å². The molecule has 0 aliphatic carbocycles. The van der Waals surface area contributed by atoms with Gasteiger partial charge in [0.1, 0.15) is 0 Å². The van der Waals surface area contributed by atoms with Crippen LogP contribution in [0.2, 0.25) is 0 Å². The standard InChI is InChI=1S/C23H19BrN4O2/c1-15-5-3-4-6-20(15)21-26-23(30-2)27-28(21)19-13-11-18(12-14-19)25-22(29)16-7-9-17(24)10-8-16/h3-14H,1-2H3,(H,25,29). The number of carbonyl (C=O) groups is 1. The summed E-state index contributed by atoms with van der Waals surface area (Å²) in [7, 11) is 1.54. The maximum Gasteiger partial charge on any atom is 0.336 e. The highest BCUT2D eigenvalue weighted by molar-refractivity contribution is 9.10. The van der Waals surface area contributed by atoms with E-state index in [2.05, 4.69) is 31.3 Å². The van der Waals surface area contributed by atoms with E-state index in [-0.39, 0.29) is 5.91 Å². The first-order valence-corrected chi connectivity index (χ1v) is 10.1. The summed E-state index contributed by atoms with van der Waals surface area (Å²) in [4.78, 5) is 16.9. The SMILES string of the molecule is COc1nc(-c2ccccc2C)n(-c2ccc(NC(=O)c3ccc(Br)cc3)cc2)n1. The van der Waals surface area contributed by atoms with Crippen LogP contribution in [0.15, 0.2) is 77.3 Å². The molecule has 6 nitrogen and oxygen atoms in total. The summed E-state index contributed by atoms with van der Waals surface area (Å²) >= 11 is 3.37. The Kier molecular flexibility index (Phi) is 5.63. The van der Waals surface area contributed by atoms with Gasteiger partial charge in [-0.05, 0) is 61.0 Å². The summed E-state index contributed by atoms with van der Waals surface area (Å²) in [5.74, 6) is 0.523. The normalized spacial score (nSPS) is 10.6. The summed E-state index contributed by atoms with van der Waals surface area (Å²) < 4.78 is 7.91. The molecule has 0 aliphatic heterocycles. The Morgan fingerprint density at radius 3 is 2.37 bits per heavy atom. The number of benzene rings is 3. The van der Waals surface area contributed by atoms with Crippen LogP contribution in [0.4, 0.5) is 5.69 Å². The third-order valence-electron chi connectivity index (χ3n) is 4.63. The van der Waals surface area contributed by atoms with Crippen molar-refractivity contribution in [1.29, 1.82) is 0 Å². The van der Waals surface area contributed by atoms with Gasteiger partial charge in [0.15, 0.2) is 5.82 Å². The second-order valence-electron chi connectivity index (χ2n) is 6.66. The molecule has 30 heavy (non-hydrogen) atoms. The molecule has 0 saturated carbocycles. The van der Waals surface area contributed by atoms with Crippen LogP contribution in [0.3, 0.4) is 0 Å². The lowest BCUT2D eigenvalue weighted by atomic mass is 10.1. The van der Waals surface area contributed by atoms with Crippen molar-refractivity contribution in [3.63, 3.8) is 0 Å². The van der Waals surface area contributed by atoms with Crippen LogP contribution in [0, 0.1) is 6.92 Å². The van der Waals surface area contributed by atoms with Crippen molar-refractivity contribution >= 4 is 27.5 Å². The molecule has 0 aliphatic rings. The van der Waals surface area contributed by atoms with Gasteiger partial charge in [0.05, 0.1) is 12.8 Å². The van der Waals surface area contributed by atoms with Crippen LogP contribution >= 0.6 is 15.9 Å². The third kappa shape index (κ3) is 4.11. The first-order chi connectivity index (χ1) is 14.5. The summed E-state index contributed by atoms with van der Waals surface area (Å²) in [6, 6.07) is 22.9. The zero-order valence-corrected chi connectivity index (χ0v) is 18.1. The van der Waals surface area contributed by atoms with Crippen molar-refractivity contribution in [3.8, 4) is 23.1 Å². The molecule has 4 aromatic rings. The third-order valence-corrected chi connectivity index (χ3v) is 5.16. The van der Waals surface area contributed by atoms with Gasteiger partial charge in [-0.2, -0.15) is 4.98 Å². The topological polar surface area (TPSA) is 69.0 Å². The Morgan fingerprint density at radius 1 is 1.00 bits per heavy atom. The van der Waals surface area contributed by atoms with E-state index in [1.807, 2.05) is 67.6 Å². The summed E-state index contributed by atoms with van der Waals surface area (Å²) in [6.45, 7) is 2.03. The lowest BCUT2D eigenvalue weighted by molar-refractivity contribution is 0.102. The van der Waals surface area contributed by atoms with E-state index in [1.54, 1.807) is 23.9 Å². The number of aromatic nitrogens is 3. The number of nitrogens with zero attached hydrogens (tertiary/aromatic N) is 3. The van der Waals surface area contributed by atoms with Gasteiger partial charge in [-0.3, -0.25) is 4.79 Å². The first kappa shape index (κ1) is 19.8. The van der Waals surface area contributed by atoms with Gasteiger partial charge in [-0.15, -0.1) is 5.10 Å². The molecule has 0 atom stereocenters. The van der Waals surface area contributed by atoms with E-state index in [0.29, 0.717) is 23.1 Å². The number of aryl methyl sites for hydroxylation is 1. The van der Waals surface area contributed by atoms with Gasteiger partial charge >= 0.3 is 6.01 Å². The van der Waals surface area contributed by atoms with E-state index >= 15 is 0 Å². The molecule has 0 radical (unpaired) electrons. The smallest absolute Gasteiger partial charge is 0.336 e. The zero-order chi connectivity index (χ0) is 21.1. The van der Waals surface area contributed by atoms with Crippen molar-refractivity contribution in [2.45, 2.75) is 6.92 Å². The zero-order valence-electron chi connectivity index (χ0n) is 16.5. The maximum atomic E-state index is 12.4. The average Bonchev–Trinajstić information content (AvgIpc) is 3.19. The van der Waals surface area contributed by atoms with Crippen LogP contribution < -0.4 is 10.1 Å². The van der Waals surface area contributed by atoms with Crippen LogP contribution in [0.1, 0.15) is 15.9 Å². The maximum absolute atomic E-state index is 12.4. The Morgan fingerprint density at radius 2 is 1.70 bits per heavy atom.